The monoisotopic (exact) mass is 406 g/mol. The smallest absolute Gasteiger partial charge is 0.390 e. The zero-order valence-electron chi connectivity index (χ0n) is 15.9. The third-order valence-corrected chi connectivity index (χ3v) is 6.13. The summed E-state index contributed by atoms with van der Waals surface area (Å²) in [5, 5.41) is 24.1. The lowest BCUT2D eigenvalue weighted by atomic mass is 9.91. The molecule has 2 fully saturated rings. The molecule has 156 valence electrons. The van der Waals surface area contributed by atoms with Gasteiger partial charge in [-0.3, -0.25) is 4.90 Å². The van der Waals surface area contributed by atoms with Crippen molar-refractivity contribution >= 4 is 5.69 Å². The zero-order chi connectivity index (χ0) is 20.6. The maximum absolute atomic E-state index is 13.2. The first-order valence-electron chi connectivity index (χ1n) is 9.85. The van der Waals surface area contributed by atoms with Gasteiger partial charge in [0.1, 0.15) is 0 Å². The summed E-state index contributed by atoms with van der Waals surface area (Å²) >= 11 is 0. The maximum atomic E-state index is 13.2. The van der Waals surface area contributed by atoms with Crippen LogP contribution in [-0.2, 0) is 12.6 Å². The van der Waals surface area contributed by atoms with Crippen molar-refractivity contribution in [3.8, 4) is 0 Å². The van der Waals surface area contributed by atoms with Crippen LogP contribution in [0.25, 0.3) is 0 Å². The fraction of sp³-hybridized carbons (Fsp3) is 0.455. The molecule has 0 radical (unpaired) electrons. The number of likely N-dealkylation sites (tertiary alicyclic amines) is 1. The van der Waals surface area contributed by atoms with Gasteiger partial charge in [0.25, 0.3) is 0 Å². The van der Waals surface area contributed by atoms with Crippen molar-refractivity contribution in [2.24, 2.45) is 11.8 Å². The summed E-state index contributed by atoms with van der Waals surface area (Å²) in [6, 6.07) is 15.0. The molecule has 29 heavy (non-hydrogen) atoms. The number of aliphatic hydroxyl groups is 2. The van der Waals surface area contributed by atoms with E-state index in [4.69, 9.17) is 0 Å². The molecule has 3 N–H and O–H groups in total. The Kier molecular flexibility index (Phi) is 5.31. The van der Waals surface area contributed by atoms with Gasteiger partial charge in [-0.05, 0) is 42.4 Å². The summed E-state index contributed by atoms with van der Waals surface area (Å²) < 4.78 is 39.5. The highest BCUT2D eigenvalue weighted by atomic mass is 19.4. The molecule has 1 aliphatic carbocycles. The molecule has 0 bridgehead atoms. The van der Waals surface area contributed by atoms with E-state index < -0.39 is 23.7 Å². The van der Waals surface area contributed by atoms with E-state index in [1.54, 1.807) is 4.90 Å². The number of aliphatic hydroxyl groups excluding tert-OH is 1. The topological polar surface area (TPSA) is 55.7 Å². The minimum absolute atomic E-state index is 0.134. The quantitative estimate of drug-likeness (QED) is 0.663. The number of hydrogen-bond acceptors (Lipinski definition) is 4. The van der Waals surface area contributed by atoms with Gasteiger partial charge in [-0.2, -0.15) is 13.2 Å². The molecule has 0 amide bonds. The van der Waals surface area contributed by atoms with Crippen LogP contribution >= 0.6 is 0 Å². The molecule has 2 aromatic rings. The van der Waals surface area contributed by atoms with E-state index in [1.807, 2.05) is 30.3 Å². The summed E-state index contributed by atoms with van der Waals surface area (Å²) in [7, 11) is 0. The third kappa shape index (κ3) is 4.42. The second kappa shape index (κ2) is 7.63. The van der Waals surface area contributed by atoms with Crippen LogP contribution in [0.4, 0.5) is 18.9 Å². The lowest BCUT2D eigenvalue weighted by Crippen LogP contribution is -2.41. The fourth-order valence-corrected chi connectivity index (χ4v) is 4.90. The predicted molar refractivity (Wildman–Crippen MR) is 104 cm³/mol. The molecule has 1 heterocycles. The zero-order valence-corrected chi connectivity index (χ0v) is 15.9. The maximum Gasteiger partial charge on any atom is 0.418 e. The second-order valence-corrected chi connectivity index (χ2v) is 8.33. The van der Waals surface area contributed by atoms with E-state index in [2.05, 4.69) is 5.32 Å². The molecule has 1 saturated heterocycles. The number of halogens is 3. The Bertz CT molecular complexity index is 829. The van der Waals surface area contributed by atoms with Crippen LogP contribution in [0.2, 0.25) is 0 Å². The van der Waals surface area contributed by atoms with Crippen LogP contribution in [0.3, 0.4) is 0 Å². The normalized spacial score (nSPS) is 28.3. The molecule has 4 nitrogen and oxygen atoms in total. The van der Waals surface area contributed by atoms with E-state index >= 15 is 0 Å². The van der Waals surface area contributed by atoms with Crippen LogP contribution in [0.15, 0.2) is 54.6 Å². The minimum atomic E-state index is -4.49. The molecule has 1 aliphatic heterocycles. The minimum Gasteiger partial charge on any atom is -0.390 e. The van der Waals surface area contributed by atoms with Crippen LogP contribution < -0.4 is 5.32 Å². The summed E-state index contributed by atoms with van der Waals surface area (Å²) in [6.45, 7) is 1.09. The summed E-state index contributed by atoms with van der Waals surface area (Å²) in [5.41, 5.74) is -0.595. The first-order chi connectivity index (χ1) is 13.7. The van der Waals surface area contributed by atoms with Gasteiger partial charge in [-0.1, -0.05) is 42.5 Å². The first-order valence-corrected chi connectivity index (χ1v) is 9.85. The lowest BCUT2D eigenvalue weighted by molar-refractivity contribution is -0.137. The second-order valence-electron chi connectivity index (χ2n) is 8.33. The fourth-order valence-electron chi connectivity index (χ4n) is 4.90. The van der Waals surface area contributed by atoms with Gasteiger partial charge >= 0.3 is 6.18 Å². The van der Waals surface area contributed by atoms with Gasteiger partial charge < -0.3 is 15.5 Å². The Balaban J connectivity index is 1.37. The molecular formula is C22H25F3N2O2. The number of nitrogens with one attached hydrogen (secondary N) is 1. The van der Waals surface area contributed by atoms with Gasteiger partial charge in [0, 0.05) is 25.2 Å². The average Bonchev–Trinajstić information content (AvgIpc) is 3.17. The van der Waals surface area contributed by atoms with E-state index in [1.165, 1.54) is 18.2 Å². The summed E-state index contributed by atoms with van der Waals surface area (Å²) in [5.74, 6) is 0.441. The van der Waals surface area contributed by atoms with Crippen molar-refractivity contribution in [3.63, 3.8) is 0 Å². The van der Waals surface area contributed by atoms with Crippen LogP contribution in [0, 0.1) is 11.8 Å². The Hall–Kier alpha value is -2.09. The van der Waals surface area contributed by atoms with Crippen molar-refractivity contribution < 1.29 is 23.4 Å². The van der Waals surface area contributed by atoms with E-state index in [0.717, 1.165) is 11.6 Å². The molecule has 0 aromatic heterocycles. The van der Waals surface area contributed by atoms with Crippen molar-refractivity contribution in [2.75, 3.05) is 18.4 Å². The van der Waals surface area contributed by atoms with Gasteiger partial charge in [0.15, 0.2) is 6.35 Å². The van der Waals surface area contributed by atoms with E-state index in [-0.39, 0.29) is 17.5 Å². The SMILES string of the molecule is OC(Nc1ccccc1C(F)(F)F)N1C[C@@H]2C[C@@](O)(Cc3ccccc3)C[C@@H]2C1. The highest BCUT2D eigenvalue weighted by Crippen LogP contribution is 2.45. The number of rotatable bonds is 5. The molecule has 4 rings (SSSR count). The number of hydrogen-bond donors (Lipinski definition) is 3. The highest BCUT2D eigenvalue weighted by Gasteiger charge is 2.49. The van der Waals surface area contributed by atoms with Gasteiger partial charge in [0.2, 0.25) is 0 Å². The molecule has 2 aliphatic rings. The number of para-hydroxylation sites is 1. The summed E-state index contributed by atoms with van der Waals surface area (Å²) in [4.78, 5) is 1.75. The number of nitrogens with zero attached hydrogens (tertiary/aromatic N) is 1. The van der Waals surface area contributed by atoms with Crippen molar-refractivity contribution in [1.82, 2.24) is 4.90 Å². The molecule has 7 heteroatoms. The average molecular weight is 406 g/mol. The molecule has 4 atom stereocenters. The Morgan fingerprint density at radius 1 is 1.00 bits per heavy atom. The van der Waals surface area contributed by atoms with Crippen LogP contribution in [-0.4, -0.2) is 40.2 Å². The van der Waals surface area contributed by atoms with Crippen LogP contribution in [0.5, 0.6) is 0 Å². The third-order valence-electron chi connectivity index (χ3n) is 6.13. The van der Waals surface area contributed by atoms with Crippen LogP contribution in [0.1, 0.15) is 24.0 Å². The summed E-state index contributed by atoms with van der Waals surface area (Å²) in [6.07, 6.45) is -3.82. The molecule has 2 aromatic carbocycles. The van der Waals surface area contributed by atoms with Crippen molar-refractivity contribution in [1.29, 1.82) is 0 Å². The predicted octanol–water partition coefficient (Wildman–Crippen LogP) is 3.71. The molecule has 0 spiro atoms. The molecule has 1 unspecified atom stereocenters. The molecular weight excluding hydrogens is 381 g/mol. The Morgan fingerprint density at radius 3 is 2.21 bits per heavy atom. The van der Waals surface area contributed by atoms with Gasteiger partial charge in [-0.15, -0.1) is 0 Å². The largest absolute Gasteiger partial charge is 0.418 e. The molecule has 1 saturated carbocycles. The van der Waals surface area contributed by atoms with Gasteiger partial charge in [0.05, 0.1) is 11.2 Å². The standard InChI is InChI=1S/C22H25F3N2O2/c23-22(24,25)18-8-4-5-9-19(18)26-20(28)27-13-16-11-21(29,12-17(16)14-27)10-15-6-2-1-3-7-15/h1-9,16-17,20,26,28-29H,10-14H2/t16-,17+,20?,21-. The first kappa shape index (κ1) is 20.2. The Labute approximate surface area is 168 Å². The number of fused-ring (bicyclic) bond motifs is 1. The number of benzene rings is 2. The number of anilines is 1. The number of alkyl halides is 3. The van der Waals surface area contributed by atoms with E-state index in [9.17, 15) is 23.4 Å². The van der Waals surface area contributed by atoms with Crippen molar-refractivity contribution in [2.45, 2.75) is 37.4 Å². The lowest BCUT2D eigenvalue weighted by Gasteiger charge is -2.29. The Morgan fingerprint density at radius 2 is 1.59 bits per heavy atom. The van der Waals surface area contributed by atoms with E-state index in [0.29, 0.717) is 32.4 Å². The highest BCUT2D eigenvalue weighted by molar-refractivity contribution is 5.52. The van der Waals surface area contributed by atoms with Gasteiger partial charge in [-0.25, -0.2) is 0 Å². The van der Waals surface area contributed by atoms with Crippen molar-refractivity contribution in [3.05, 3.63) is 65.7 Å².